The number of hydrogen-bond donors (Lipinski definition) is 0. The van der Waals surface area contributed by atoms with Crippen LogP contribution in [0.4, 0.5) is 30.7 Å². The standard InChI is InChI=1S/C28H28F7NO3S2/c29-26(27(30,31)32,28(33,34)35)21-7-8-22-20(16-21)6-9-23-25(22,40-17-18-4-2-1-3-5-18)12-13-36(23)24(37)19-10-14-41(38,39)15-11-19/h1-5,7-8,16,19,23H,6,9-15,17H2. The molecule has 0 aromatic heterocycles. The van der Waals surface area contributed by atoms with Crippen molar-refractivity contribution in [1.29, 1.82) is 0 Å². The first-order valence-corrected chi connectivity index (χ1v) is 16.0. The molecule has 4 nitrogen and oxygen atoms in total. The second-order valence-corrected chi connectivity index (χ2v) is 14.6. The van der Waals surface area contributed by atoms with Crippen LogP contribution in [0, 0.1) is 5.92 Å². The van der Waals surface area contributed by atoms with Crippen LogP contribution in [0.1, 0.15) is 47.9 Å². The minimum Gasteiger partial charge on any atom is -0.338 e. The highest BCUT2D eigenvalue weighted by molar-refractivity contribution is 7.99. The molecule has 2 unspecified atom stereocenters. The van der Waals surface area contributed by atoms with E-state index in [-0.39, 0.29) is 48.7 Å². The Hall–Kier alpha value is -2.28. The summed E-state index contributed by atoms with van der Waals surface area (Å²) >= 11 is 1.48. The second-order valence-electron chi connectivity index (χ2n) is 11.0. The third kappa shape index (κ3) is 5.25. The van der Waals surface area contributed by atoms with Gasteiger partial charge in [-0.3, -0.25) is 4.79 Å². The Kier molecular flexibility index (Phi) is 7.70. The zero-order valence-corrected chi connectivity index (χ0v) is 23.4. The lowest BCUT2D eigenvalue weighted by Gasteiger charge is -2.44. The highest BCUT2D eigenvalue weighted by Crippen LogP contribution is 2.58. The van der Waals surface area contributed by atoms with Gasteiger partial charge in [-0.2, -0.15) is 26.3 Å². The van der Waals surface area contributed by atoms with E-state index in [0.717, 1.165) is 5.56 Å². The van der Waals surface area contributed by atoms with Crippen LogP contribution in [0.5, 0.6) is 0 Å². The second kappa shape index (κ2) is 10.5. The first-order valence-electron chi connectivity index (χ1n) is 13.2. The summed E-state index contributed by atoms with van der Waals surface area (Å²) in [5.41, 5.74) is -5.37. The molecule has 1 aliphatic carbocycles. The highest BCUT2D eigenvalue weighted by atomic mass is 32.2. The summed E-state index contributed by atoms with van der Waals surface area (Å²) in [6.45, 7) is 0.313. The van der Waals surface area contributed by atoms with E-state index in [9.17, 15) is 43.9 Å². The first-order chi connectivity index (χ1) is 19.1. The Bertz CT molecular complexity index is 1380. The molecule has 0 radical (unpaired) electrons. The van der Waals surface area contributed by atoms with E-state index in [1.54, 1.807) is 4.90 Å². The molecule has 2 aromatic carbocycles. The van der Waals surface area contributed by atoms with Crippen molar-refractivity contribution in [3.05, 3.63) is 70.8 Å². The topological polar surface area (TPSA) is 54.5 Å². The minimum atomic E-state index is -6.21. The number of alkyl halides is 7. The van der Waals surface area contributed by atoms with Gasteiger partial charge in [0.25, 0.3) is 0 Å². The van der Waals surface area contributed by atoms with Crippen molar-refractivity contribution in [3.63, 3.8) is 0 Å². The van der Waals surface area contributed by atoms with Crippen molar-refractivity contribution in [1.82, 2.24) is 4.90 Å². The summed E-state index contributed by atoms with van der Waals surface area (Å²) in [5.74, 6) is -0.331. The van der Waals surface area contributed by atoms with Crippen molar-refractivity contribution in [2.24, 2.45) is 5.92 Å². The Balaban J connectivity index is 1.53. The van der Waals surface area contributed by atoms with Gasteiger partial charge in [0.1, 0.15) is 9.84 Å². The predicted octanol–water partition coefficient (Wildman–Crippen LogP) is 6.48. The summed E-state index contributed by atoms with van der Waals surface area (Å²) in [6.07, 6.45) is -11.3. The number of halogens is 7. The number of benzene rings is 2. The molecule has 3 aliphatic rings. The van der Waals surface area contributed by atoms with Gasteiger partial charge in [-0.1, -0.05) is 48.5 Å². The van der Waals surface area contributed by atoms with E-state index in [0.29, 0.717) is 36.4 Å². The van der Waals surface area contributed by atoms with E-state index in [1.807, 2.05) is 30.3 Å². The number of rotatable bonds is 5. The summed E-state index contributed by atoms with van der Waals surface area (Å²) in [4.78, 5) is 15.3. The summed E-state index contributed by atoms with van der Waals surface area (Å²) in [6, 6.07) is 11.4. The molecule has 0 N–H and O–H groups in total. The molecule has 2 atom stereocenters. The van der Waals surface area contributed by atoms with E-state index in [4.69, 9.17) is 0 Å². The quantitative estimate of drug-likeness (QED) is 0.358. The maximum Gasteiger partial charge on any atom is 0.435 e. The Morgan fingerprint density at radius 3 is 2.17 bits per heavy atom. The van der Waals surface area contributed by atoms with Crippen LogP contribution in [0.15, 0.2) is 48.5 Å². The highest BCUT2D eigenvalue weighted by Gasteiger charge is 2.73. The number of hydrogen-bond acceptors (Lipinski definition) is 4. The third-order valence-electron chi connectivity index (χ3n) is 8.59. The Morgan fingerprint density at radius 2 is 1.56 bits per heavy atom. The number of fused-ring (bicyclic) bond motifs is 3. The summed E-state index contributed by atoms with van der Waals surface area (Å²) in [7, 11) is -3.19. The number of carbonyl (C=O) groups is 1. The molecule has 2 heterocycles. The van der Waals surface area contributed by atoms with Crippen LogP contribution in [-0.2, 0) is 37.2 Å². The van der Waals surface area contributed by atoms with Crippen LogP contribution < -0.4 is 0 Å². The van der Waals surface area contributed by atoms with Crippen molar-refractivity contribution in [2.45, 2.75) is 66.7 Å². The maximum absolute atomic E-state index is 14.9. The summed E-state index contributed by atoms with van der Waals surface area (Å²) in [5, 5.41) is 0. The van der Waals surface area contributed by atoms with Gasteiger partial charge in [0.05, 0.1) is 22.3 Å². The molecule has 5 rings (SSSR count). The molecule has 224 valence electrons. The number of nitrogens with zero attached hydrogens (tertiary/aromatic N) is 1. The molecular formula is C28H28F7NO3S2. The third-order valence-corrected chi connectivity index (χ3v) is 12.0. The van der Waals surface area contributed by atoms with E-state index >= 15 is 0 Å². The fourth-order valence-corrected chi connectivity index (χ4v) is 9.58. The molecule has 0 saturated carbocycles. The van der Waals surface area contributed by atoms with Crippen LogP contribution in [0.3, 0.4) is 0 Å². The zero-order chi connectivity index (χ0) is 29.8. The van der Waals surface area contributed by atoms with Crippen LogP contribution >= 0.6 is 11.8 Å². The zero-order valence-electron chi connectivity index (χ0n) is 21.8. The molecule has 2 aliphatic heterocycles. The van der Waals surface area contributed by atoms with Crippen molar-refractivity contribution in [3.8, 4) is 0 Å². The monoisotopic (exact) mass is 623 g/mol. The summed E-state index contributed by atoms with van der Waals surface area (Å²) < 4.78 is 119. The molecule has 41 heavy (non-hydrogen) atoms. The number of thioether (sulfide) groups is 1. The fourth-order valence-electron chi connectivity index (χ4n) is 6.44. The van der Waals surface area contributed by atoms with Gasteiger partial charge in [-0.15, -0.1) is 11.8 Å². The van der Waals surface area contributed by atoms with Crippen LogP contribution in [0.2, 0.25) is 0 Å². The average Bonchev–Trinajstić information content (AvgIpc) is 3.30. The number of carbonyl (C=O) groups excluding carboxylic acids is 1. The van der Waals surface area contributed by atoms with Crippen LogP contribution in [-0.4, -0.2) is 55.7 Å². The van der Waals surface area contributed by atoms with E-state index in [1.165, 1.54) is 17.8 Å². The first kappa shape index (κ1) is 30.2. The number of amides is 1. The lowest BCUT2D eigenvalue weighted by atomic mass is 9.76. The predicted molar refractivity (Wildman–Crippen MR) is 141 cm³/mol. The molecule has 0 spiro atoms. The SMILES string of the molecule is O=C(C1CCS(=O)(=O)CC1)N1CCC2(SCc3ccccc3)c3ccc(C(F)(C(F)(F)F)C(F)(F)F)cc3CCC12. The molecule has 1 amide bonds. The van der Waals surface area contributed by atoms with Gasteiger partial charge in [0.15, 0.2) is 0 Å². The smallest absolute Gasteiger partial charge is 0.338 e. The molecule has 2 aromatic rings. The van der Waals surface area contributed by atoms with Gasteiger partial charge >= 0.3 is 18.0 Å². The van der Waals surface area contributed by atoms with Gasteiger partial charge in [0.2, 0.25) is 5.91 Å². The van der Waals surface area contributed by atoms with Gasteiger partial charge in [-0.25, -0.2) is 12.8 Å². The fraction of sp³-hybridized carbons (Fsp3) is 0.536. The molecule has 13 heteroatoms. The van der Waals surface area contributed by atoms with E-state index in [2.05, 4.69) is 0 Å². The largest absolute Gasteiger partial charge is 0.435 e. The van der Waals surface area contributed by atoms with Gasteiger partial charge in [-0.05, 0) is 48.8 Å². The lowest BCUT2D eigenvalue weighted by molar-refractivity contribution is -0.348. The van der Waals surface area contributed by atoms with Gasteiger partial charge < -0.3 is 4.90 Å². The average molecular weight is 624 g/mol. The van der Waals surface area contributed by atoms with Crippen molar-refractivity contribution < 1.29 is 43.9 Å². The van der Waals surface area contributed by atoms with E-state index < -0.39 is 50.1 Å². The Labute approximate surface area is 237 Å². The molecule has 0 bridgehead atoms. The molecule has 2 fully saturated rings. The number of likely N-dealkylation sites (tertiary alicyclic amines) is 1. The van der Waals surface area contributed by atoms with Gasteiger partial charge in [0, 0.05) is 23.8 Å². The number of aryl methyl sites for hydroxylation is 1. The molecule has 2 saturated heterocycles. The van der Waals surface area contributed by atoms with Crippen molar-refractivity contribution >= 4 is 27.5 Å². The lowest BCUT2D eigenvalue weighted by Crippen LogP contribution is -2.51. The van der Waals surface area contributed by atoms with Crippen LogP contribution in [0.25, 0.3) is 0 Å². The Morgan fingerprint density at radius 1 is 0.927 bits per heavy atom. The normalized spacial score (nSPS) is 25.0. The molecular weight excluding hydrogens is 595 g/mol. The number of sulfone groups is 1. The van der Waals surface area contributed by atoms with Crippen molar-refractivity contribution in [2.75, 3.05) is 18.1 Å². The maximum atomic E-state index is 14.9. The minimum absolute atomic E-state index is 0.0656.